The van der Waals surface area contributed by atoms with Gasteiger partial charge in [0.1, 0.15) is 35.2 Å². The number of hydrogen-bond donors (Lipinski definition) is 2. The van der Waals surface area contributed by atoms with Gasteiger partial charge >= 0.3 is 6.01 Å². The minimum Gasteiger partial charge on any atom is -0.508 e. The van der Waals surface area contributed by atoms with E-state index in [-0.39, 0.29) is 39.6 Å². The fourth-order valence-corrected chi connectivity index (χ4v) is 7.95. The van der Waals surface area contributed by atoms with Gasteiger partial charge in [-0.3, -0.25) is 9.88 Å². The lowest BCUT2D eigenvalue weighted by Gasteiger charge is -2.42. The van der Waals surface area contributed by atoms with Gasteiger partial charge in [0.2, 0.25) is 0 Å². The van der Waals surface area contributed by atoms with Crippen molar-refractivity contribution in [1.82, 2.24) is 25.2 Å². The normalized spacial score (nSPS) is 24.7. The SMILES string of the molecule is C#Cc1c(F)ccc2cc(O)cc(-c3ncc4c(N5CC6CCC(C5)N6)nc(OCC56CCCN5CC(=C)CC6)nc4c3F)c12. The summed E-state index contributed by atoms with van der Waals surface area (Å²) in [5.74, 6) is 1.53. The number of rotatable bonds is 5. The van der Waals surface area contributed by atoms with Crippen LogP contribution in [0.15, 0.2) is 42.6 Å². The van der Waals surface area contributed by atoms with Gasteiger partial charge in [0, 0.05) is 48.9 Å². The maximum Gasteiger partial charge on any atom is 0.319 e. The number of nitrogens with one attached hydrogen (secondary N) is 1. The van der Waals surface area contributed by atoms with E-state index in [1.54, 1.807) is 6.20 Å². The molecule has 4 fully saturated rings. The van der Waals surface area contributed by atoms with Gasteiger partial charge in [-0.25, -0.2) is 8.78 Å². The van der Waals surface area contributed by atoms with Crippen molar-refractivity contribution in [3.05, 3.63) is 59.8 Å². The van der Waals surface area contributed by atoms with Crippen LogP contribution in [0.25, 0.3) is 32.9 Å². The lowest BCUT2D eigenvalue weighted by atomic mass is 9.86. The van der Waals surface area contributed by atoms with Gasteiger partial charge in [-0.05, 0) is 68.7 Å². The maximum absolute atomic E-state index is 16.8. The highest BCUT2D eigenvalue weighted by Gasteiger charge is 2.44. The number of halogens is 2. The Kier molecular flexibility index (Phi) is 6.66. The van der Waals surface area contributed by atoms with Crippen LogP contribution in [0.2, 0.25) is 0 Å². The van der Waals surface area contributed by atoms with Gasteiger partial charge in [0.25, 0.3) is 0 Å². The first kappa shape index (κ1) is 28.2. The van der Waals surface area contributed by atoms with Crippen LogP contribution in [0.5, 0.6) is 11.8 Å². The Bertz CT molecular complexity index is 1910. The van der Waals surface area contributed by atoms with Crippen molar-refractivity contribution in [2.45, 2.75) is 56.1 Å². The Morgan fingerprint density at radius 2 is 1.98 bits per heavy atom. The number of pyridine rings is 1. The van der Waals surface area contributed by atoms with E-state index in [4.69, 9.17) is 16.1 Å². The minimum absolute atomic E-state index is 0.0250. The molecular formula is C35H34F2N6O2. The van der Waals surface area contributed by atoms with Gasteiger partial charge in [0.15, 0.2) is 5.82 Å². The summed E-state index contributed by atoms with van der Waals surface area (Å²) in [5.41, 5.74) is 1.24. The molecule has 2 bridgehead atoms. The molecule has 10 heteroatoms. The predicted octanol–water partition coefficient (Wildman–Crippen LogP) is 5.31. The minimum atomic E-state index is -0.715. The number of benzene rings is 2. The molecule has 8 rings (SSSR count). The molecule has 4 aliphatic heterocycles. The van der Waals surface area contributed by atoms with Gasteiger partial charge in [-0.15, -0.1) is 6.42 Å². The number of phenols is 1. The lowest BCUT2D eigenvalue weighted by molar-refractivity contribution is 0.0559. The van der Waals surface area contributed by atoms with Crippen LogP contribution in [-0.4, -0.2) is 75.4 Å². The highest BCUT2D eigenvalue weighted by Crippen LogP contribution is 2.41. The first-order valence-electron chi connectivity index (χ1n) is 15.7. The average Bonchev–Trinajstić information content (AvgIpc) is 3.61. The zero-order valence-electron chi connectivity index (χ0n) is 25.0. The second-order valence-corrected chi connectivity index (χ2v) is 13.0. The summed E-state index contributed by atoms with van der Waals surface area (Å²) < 4.78 is 38.0. The first-order chi connectivity index (χ1) is 21.8. The molecule has 3 unspecified atom stereocenters. The van der Waals surface area contributed by atoms with E-state index in [9.17, 15) is 9.50 Å². The summed E-state index contributed by atoms with van der Waals surface area (Å²) in [4.78, 5) is 18.7. The van der Waals surface area contributed by atoms with Gasteiger partial charge in [0.05, 0.1) is 16.5 Å². The summed E-state index contributed by atoms with van der Waals surface area (Å²) in [6, 6.07) is 6.33. The van der Waals surface area contributed by atoms with Crippen molar-refractivity contribution in [3.8, 4) is 35.4 Å². The van der Waals surface area contributed by atoms with Crippen LogP contribution in [0, 0.1) is 24.0 Å². The molecule has 0 amide bonds. The van der Waals surface area contributed by atoms with Crippen LogP contribution in [0.4, 0.5) is 14.6 Å². The molecule has 0 aliphatic carbocycles. The van der Waals surface area contributed by atoms with E-state index in [2.05, 4.69) is 37.6 Å². The van der Waals surface area contributed by atoms with Crippen LogP contribution >= 0.6 is 0 Å². The standard InChI is InChI=1S/C35H34F2N6O2/c1-3-25-28(36)8-5-21-13-24(44)14-26(29(21)25)31-30(37)32-27(15-38-31)33(42-17-22-6-7-23(18-42)39-22)41-34(40-32)45-19-35-10-4-12-43(35)16-20(2)9-11-35/h1,5,8,13-15,22-23,39,44H,2,4,6-7,9-12,16-19H2. The molecule has 4 aromatic rings. The molecule has 2 N–H and O–H groups in total. The monoisotopic (exact) mass is 608 g/mol. The number of anilines is 1. The maximum atomic E-state index is 16.8. The zero-order valence-corrected chi connectivity index (χ0v) is 25.0. The molecule has 0 saturated carbocycles. The number of piperidine rings is 1. The Labute approximate surface area is 260 Å². The predicted molar refractivity (Wildman–Crippen MR) is 169 cm³/mol. The van der Waals surface area contributed by atoms with Crippen LogP contribution in [-0.2, 0) is 0 Å². The second kappa shape index (κ2) is 10.6. The van der Waals surface area contributed by atoms with Crippen molar-refractivity contribution in [1.29, 1.82) is 0 Å². The Hall–Kier alpha value is -4.33. The van der Waals surface area contributed by atoms with E-state index in [0.29, 0.717) is 40.7 Å². The number of piperazine rings is 1. The summed E-state index contributed by atoms with van der Waals surface area (Å²) in [6.07, 6.45) is 13.4. The highest BCUT2D eigenvalue weighted by molar-refractivity contribution is 6.03. The molecule has 2 aromatic heterocycles. The molecule has 230 valence electrons. The van der Waals surface area contributed by atoms with Crippen molar-refractivity contribution in [2.75, 3.05) is 37.7 Å². The number of aromatic hydroxyl groups is 1. The molecule has 8 nitrogen and oxygen atoms in total. The third-order valence-corrected chi connectivity index (χ3v) is 10.2. The molecule has 3 atom stereocenters. The molecule has 0 radical (unpaired) electrons. The summed E-state index contributed by atoms with van der Waals surface area (Å²) >= 11 is 0. The first-order valence-corrected chi connectivity index (χ1v) is 15.7. The second-order valence-electron chi connectivity index (χ2n) is 13.0. The van der Waals surface area contributed by atoms with Crippen molar-refractivity contribution < 1.29 is 18.6 Å². The summed E-state index contributed by atoms with van der Waals surface area (Å²) in [6.45, 7) is 7.93. The number of phenolic OH excluding ortho intramolecular Hbond substituents is 1. The molecule has 4 saturated heterocycles. The number of ether oxygens (including phenoxy) is 1. The van der Waals surface area contributed by atoms with Crippen LogP contribution in [0.1, 0.15) is 44.1 Å². The number of aromatic nitrogens is 3. The quantitative estimate of drug-likeness (QED) is 0.233. The van der Waals surface area contributed by atoms with Crippen molar-refractivity contribution in [3.63, 3.8) is 0 Å². The molecule has 6 heterocycles. The molecule has 45 heavy (non-hydrogen) atoms. The van der Waals surface area contributed by atoms with E-state index >= 15 is 4.39 Å². The number of nitrogens with zero attached hydrogens (tertiary/aromatic N) is 5. The third kappa shape index (κ3) is 4.68. The molecule has 0 spiro atoms. The fourth-order valence-electron chi connectivity index (χ4n) is 7.95. The van der Waals surface area contributed by atoms with E-state index in [1.807, 2.05) is 0 Å². The van der Waals surface area contributed by atoms with Crippen LogP contribution in [0.3, 0.4) is 0 Å². The van der Waals surface area contributed by atoms with E-state index in [0.717, 1.165) is 64.7 Å². The van der Waals surface area contributed by atoms with Gasteiger partial charge in [-0.2, -0.15) is 9.97 Å². The number of terminal acetylenes is 1. The fraction of sp³-hybridized carbons (Fsp3) is 0.400. The average molecular weight is 609 g/mol. The van der Waals surface area contributed by atoms with E-state index < -0.39 is 11.6 Å². The van der Waals surface area contributed by atoms with Crippen LogP contribution < -0.4 is 15.0 Å². The molecular weight excluding hydrogens is 574 g/mol. The topological polar surface area (TPSA) is 86.6 Å². The smallest absolute Gasteiger partial charge is 0.319 e. The zero-order chi connectivity index (χ0) is 30.9. The molecule has 4 aliphatic rings. The van der Waals surface area contributed by atoms with Gasteiger partial charge in [-0.1, -0.05) is 24.1 Å². The number of hydrogen-bond acceptors (Lipinski definition) is 8. The largest absolute Gasteiger partial charge is 0.508 e. The Morgan fingerprint density at radius 3 is 2.78 bits per heavy atom. The lowest BCUT2D eigenvalue weighted by Crippen LogP contribution is -2.52. The molecule has 2 aromatic carbocycles. The van der Waals surface area contributed by atoms with E-state index in [1.165, 1.54) is 29.8 Å². The Balaban J connectivity index is 1.27. The highest BCUT2D eigenvalue weighted by atomic mass is 19.1. The Morgan fingerprint density at radius 1 is 1.16 bits per heavy atom. The third-order valence-electron chi connectivity index (χ3n) is 10.2. The number of fused-ring (bicyclic) bond motifs is 5. The van der Waals surface area contributed by atoms with Crippen molar-refractivity contribution in [2.24, 2.45) is 0 Å². The van der Waals surface area contributed by atoms with Crippen molar-refractivity contribution >= 4 is 27.5 Å². The summed E-state index contributed by atoms with van der Waals surface area (Å²) in [7, 11) is 0. The summed E-state index contributed by atoms with van der Waals surface area (Å²) in [5, 5.41) is 15.4. The van der Waals surface area contributed by atoms with Gasteiger partial charge < -0.3 is 20.1 Å².